The highest BCUT2D eigenvalue weighted by Crippen LogP contribution is 2.30. The molecule has 24 heavy (non-hydrogen) atoms. The number of nitrogens with zero attached hydrogens (tertiary/aromatic N) is 1. The molecule has 0 aromatic heterocycles. The zero-order chi connectivity index (χ0) is 16.9. The quantitative estimate of drug-likeness (QED) is 0.823. The normalized spacial score (nSPS) is 19.5. The van der Waals surface area contributed by atoms with Gasteiger partial charge in [-0.25, -0.2) is 0 Å². The molecule has 7 nitrogen and oxygen atoms in total. The average molecular weight is 334 g/mol. The second kappa shape index (κ2) is 7.53. The summed E-state index contributed by atoms with van der Waals surface area (Å²) in [6.45, 7) is 2.95. The van der Waals surface area contributed by atoms with Crippen LogP contribution in [0.2, 0.25) is 0 Å². The minimum atomic E-state index is -0.299. The lowest BCUT2D eigenvalue weighted by Crippen LogP contribution is -2.33. The third-order valence-corrected chi connectivity index (χ3v) is 4.22. The number of carbonyl (C=O) groups excluding carboxylic acids is 2. The number of ether oxygens (including phenoxy) is 3. The van der Waals surface area contributed by atoms with Crippen molar-refractivity contribution in [3.05, 3.63) is 23.8 Å². The van der Waals surface area contributed by atoms with Crippen molar-refractivity contribution in [3.63, 3.8) is 0 Å². The fraction of sp³-hybridized carbons (Fsp3) is 0.529. The molecule has 0 spiro atoms. The fourth-order valence-electron chi connectivity index (χ4n) is 2.90. The van der Waals surface area contributed by atoms with Gasteiger partial charge in [0, 0.05) is 33.2 Å². The van der Waals surface area contributed by atoms with E-state index < -0.39 is 0 Å². The number of carbonyl (C=O) groups is 2. The summed E-state index contributed by atoms with van der Waals surface area (Å²) in [5, 5.41) is 2.90. The summed E-state index contributed by atoms with van der Waals surface area (Å²) in [5.41, 5.74) is 0.938. The molecule has 1 N–H and O–H groups in total. The van der Waals surface area contributed by atoms with Gasteiger partial charge in [0.15, 0.2) is 11.5 Å². The van der Waals surface area contributed by atoms with E-state index in [1.54, 1.807) is 12.0 Å². The van der Waals surface area contributed by atoms with Crippen LogP contribution in [0.25, 0.3) is 0 Å². The lowest BCUT2D eigenvalue weighted by Gasteiger charge is -2.19. The minimum absolute atomic E-state index is 0.00605. The van der Waals surface area contributed by atoms with Gasteiger partial charge in [0.1, 0.15) is 13.2 Å². The Hall–Kier alpha value is -2.28. The molecule has 130 valence electrons. The number of hydrogen-bond donors (Lipinski definition) is 1. The third kappa shape index (κ3) is 3.79. The summed E-state index contributed by atoms with van der Waals surface area (Å²) in [7, 11) is 1.60. The van der Waals surface area contributed by atoms with Gasteiger partial charge < -0.3 is 24.4 Å². The molecule has 0 bridgehead atoms. The second-order valence-electron chi connectivity index (χ2n) is 5.93. The van der Waals surface area contributed by atoms with Gasteiger partial charge in [0.2, 0.25) is 11.8 Å². The van der Waals surface area contributed by atoms with E-state index in [1.165, 1.54) is 0 Å². The van der Waals surface area contributed by atoms with Gasteiger partial charge in [0.25, 0.3) is 0 Å². The molecule has 2 aliphatic rings. The summed E-state index contributed by atoms with van der Waals surface area (Å²) >= 11 is 0. The number of methoxy groups -OCH3 is 1. The van der Waals surface area contributed by atoms with E-state index in [2.05, 4.69) is 5.32 Å². The average Bonchev–Trinajstić information content (AvgIpc) is 2.98. The monoisotopic (exact) mass is 334 g/mol. The first-order valence-electron chi connectivity index (χ1n) is 8.10. The van der Waals surface area contributed by atoms with E-state index in [0.717, 1.165) is 11.3 Å². The number of hydrogen-bond acceptors (Lipinski definition) is 5. The molecule has 0 radical (unpaired) electrons. The summed E-state index contributed by atoms with van der Waals surface area (Å²) < 4.78 is 16.0. The number of fused-ring (bicyclic) bond motifs is 1. The Labute approximate surface area is 140 Å². The van der Waals surface area contributed by atoms with Crippen LogP contribution in [0.15, 0.2) is 18.2 Å². The fourth-order valence-corrected chi connectivity index (χ4v) is 2.90. The Bertz CT molecular complexity index is 619. The van der Waals surface area contributed by atoms with Crippen molar-refractivity contribution in [1.29, 1.82) is 0 Å². The second-order valence-corrected chi connectivity index (χ2v) is 5.93. The largest absolute Gasteiger partial charge is 0.486 e. The van der Waals surface area contributed by atoms with Crippen molar-refractivity contribution < 1.29 is 23.8 Å². The van der Waals surface area contributed by atoms with Gasteiger partial charge in [-0.05, 0) is 17.7 Å². The van der Waals surface area contributed by atoms with Gasteiger partial charge in [-0.15, -0.1) is 0 Å². The molecule has 7 heteroatoms. The maximum atomic E-state index is 12.3. The van der Waals surface area contributed by atoms with E-state index >= 15 is 0 Å². The van der Waals surface area contributed by atoms with Crippen LogP contribution in [0.1, 0.15) is 12.0 Å². The number of amides is 2. The van der Waals surface area contributed by atoms with E-state index in [-0.39, 0.29) is 24.2 Å². The zero-order valence-electron chi connectivity index (χ0n) is 13.7. The smallest absolute Gasteiger partial charge is 0.225 e. The molecule has 0 unspecified atom stereocenters. The van der Waals surface area contributed by atoms with Crippen LogP contribution in [0.4, 0.5) is 0 Å². The molecule has 0 aliphatic carbocycles. The van der Waals surface area contributed by atoms with Crippen molar-refractivity contribution in [2.45, 2.75) is 13.0 Å². The molecule has 1 aromatic carbocycles. The lowest BCUT2D eigenvalue weighted by atomic mass is 10.1. The molecular formula is C17H22N2O5. The zero-order valence-corrected chi connectivity index (χ0v) is 13.7. The number of likely N-dealkylation sites (tertiary alicyclic amines) is 1. The highest BCUT2D eigenvalue weighted by Gasteiger charge is 2.33. The Morgan fingerprint density at radius 2 is 2.12 bits per heavy atom. The van der Waals surface area contributed by atoms with Crippen LogP contribution in [0, 0.1) is 5.92 Å². The topological polar surface area (TPSA) is 77.1 Å². The lowest BCUT2D eigenvalue weighted by molar-refractivity contribution is -0.129. The van der Waals surface area contributed by atoms with Crippen LogP contribution >= 0.6 is 0 Å². The predicted molar refractivity (Wildman–Crippen MR) is 85.8 cm³/mol. The number of nitrogens with one attached hydrogen (secondary N) is 1. The molecule has 1 aromatic rings. The summed E-state index contributed by atoms with van der Waals surface area (Å²) in [6.07, 6.45) is 0.261. The van der Waals surface area contributed by atoms with Crippen molar-refractivity contribution >= 4 is 11.8 Å². The van der Waals surface area contributed by atoms with Gasteiger partial charge in [-0.1, -0.05) is 6.07 Å². The summed E-state index contributed by atoms with van der Waals surface area (Å²) in [6, 6.07) is 5.62. The SMILES string of the molecule is COCCN1C[C@@H](C(=O)NCc2ccc3c(c2)OCCO3)CC1=O. The van der Waals surface area contributed by atoms with Crippen LogP contribution < -0.4 is 14.8 Å². The van der Waals surface area contributed by atoms with Crippen molar-refractivity contribution in [3.8, 4) is 11.5 Å². The van der Waals surface area contributed by atoms with Crippen molar-refractivity contribution in [1.82, 2.24) is 10.2 Å². The molecule has 3 rings (SSSR count). The van der Waals surface area contributed by atoms with Gasteiger partial charge in [-0.2, -0.15) is 0 Å². The minimum Gasteiger partial charge on any atom is -0.486 e. The molecule has 1 fully saturated rings. The first-order valence-corrected chi connectivity index (χ1v) is 8.10. The van der Waals surface area contributed by atoms with Crippen molar-refractivity contribution in [2.24, 2.45) is 5.92 Å². The molecule has 0 saturated carbocycles. The standard InChI is InChI=1S/C17H22N2O5/c1-22-5-4-19-11-13(9-16(19)20)17(21)18-10-12-2-3-14-15(8-12)24-7-6-23-14/h2-3,8,13H,4-7,9-11H2,1H3,(H,18,21)/t13-/m0/s1. The van der Waals surface area contributed by atoms with Gasteiger partial charge >= 0.3 is 0 Å². The highest BCUT2D eigenvalue weighted by atomic mass is 16.6. The van der Waals surface area contributed by atoms with Crippen LogP contribution in [0.3, 0.4) is 0 Å². The molecule has 2 heterocycles. The third-order valence-electron chi connectivity index (χ3n) is 4.22. The molecular weight excluding hydrogens is 312 g/mol. The van der Waals surface area contributed by atoms with E-state index in [4.69, 9.17) is 14.2 Å². The number of rotatable bonds is 6. The molecule has 2 amide bonds. The Balaban J connectivity index is 1.51. The maximum Gasteiger partial charge on any atom is 0.225 e. The summed E-state index contributed by atoms with van der Waals surface area (Å²) in [4.78, 5) is 25.9. The Morgan fingerprint density at radius 1 is 1.33 bits per heavy atom. The number of benzene rings is 1. The Morgan fingerprint density at radius 3 is 2.92 bits per heavy atom. The van der Waals surface area contributed by atoms with Gasteiger partial charge in [0.05, 0.1) is 12.5 Å². The van der Waals surface area contributed by atoms with Crippen LogP contribution in [0.5, 0.6) is 11.5 Å². The first kappa shape index (κ1) is 16.6. The predicted octanol–water partition coefficient (Wildman–Crippen LogP) is 0.569. The van der Waals surface area contributed by atoms with Crippen molar-refractivity contribution in [2.75, 3.05) is 40.0 Å². The van der Waals surface area contributed by atoms with E-state index in [9.17, 15) is 9.59 Å². The first-order chi connectivity index (χ1) is 11.7. The van der Waals surface area contributed by atoms with E-state index in [0.29, 0.717) is 45.2 Å². The van der Waals surface area contributed by atoms with E-state index in [1.807, 2.05) is 18.2 Å². The molecule has 1 saturated heterocycles. The highest BCUT2D eigenvalue weighted by molar-refractivity contribution is 5.89. The van der Waals surface area contributed by atoms with Crippen LogP contribution in [-0.4, -0.2) is 56.7 Å². The summed E-state index contributed by atoms with van der Waals surface area (Å²) in [5.74, 6) is 1.04. The maximum absolute atomic E-state index is 12.3. The van der Waals surface area contributed by atoms with Crippen LogP contribution in [-0.2, 0) is 20.9 Å². The van der Waals surface area contributed by atoms with Gasteiger partial charge in [-0.3, -0.25) is 9.59 Å². The Kier molecular flexibility index (Phi) is 5.20. The molecule has 1 atom stereocenters. The molecule has 2 aliphatic heterocycles.